The molecule has 2 rings (SSSR count). The number of fused-ring (bicyclic) bond motifs is 1. The van der Waals surface area contributed by atoms with Crippen LogP contribution in [-0.4, -0.2) is 5.11 Å². The summed E-state index contributed by atoms with van der Waals surface area (Å²) in [5, 5.41) is 11.6. The van der Waals surface area contributed by atoms with Gasteiger partial charge in [0.25, 0.3) is 0 Å². The summed E-state index contributed by atoms with van der Waals surface area (Å²) in [6.45, 7) is 5.99. The fourth-order valence-electron chi connectivity index (χ4n) is 2.07. The van der Waals surface area contributed by atoms with Crippen LogP contribution in [0, 0.1) is 18.7 Å². The number of phenolic OH excluding ortho intramolecular Hbond substituents is 1. The molecule has 2 heteroatoms. The van der Waals surface area contributed by atoms with Gasteiger partial charge in [0, 0.05) is 5.39 Å². The van der Waals surface area contributed by atoms with E-state index in [0.717, 1.165) is 22.9 Å². The quantitative estimate of drug-likeness (QED) is 0.823. The molecular formula is C15H16FO. The molecule has 89 valence electrons. The minimum Gasteiger partial charge on any atom is -0.507 e. The number of benzene rings is 2. The zero-order chi connectivity index (χ0) is 12.6. The number of hydrogen-bond donors (Lipinski definition) is 1. The van der Waals surface area contributed by atoms with Crippen LogP contribution in [-0.2, 0) is 6.42 Å². The van der Waals surface area contributed by atoms with Crippen molar-refractivity contribution in [1.82, 2.24) is 0 Å². The molecular weight excluding hydrogens is 215 g/mol. The van der Waals surface area contributed by atoms with E-state index in [9.17, 15) is 9.50 Å². The molecule has 0 unspecified atom stereocenters. The van der Waals surface area contributed by atoms with Gasteiger partial charge in [0.1, 0.15) is 11.6 Å². The summed E-state index contributed by atoms with van der Waals surface area (Å²) in [6.07, 6.45) is 0.840. The molecule has 0 spiro atoms. The largest absolute Gasteiger partial charge is 0.507 e. The lowest BCUT2D eigenvalue weighted by molar-refractivity contribution is 0.476. The Morgan fingerprint density at radius 3 is 2.59 bits per heavy atom. The topological polar surface area (TPSA) is 20.2 Å². The smallest absolute Gasteiger partial charge is 0.126 e. The molecule has 0 saturated heterocycles. The Kier molecular flexibility index (Phi) is 3.05. The minimum absolute atomic E-state index is 0.193. The predicted octanol–water partition coefficient (Wildman–Crippen LogP) is 4.15. The average molecular weight is 231 g/mol. The van der Waals surface area contributed by atoms with Crippen LogP contribution in [0.5, 0.6) is 5.75 Å². The molecule has 0 amide bonds. The SMILES string of the molecule is C[C](C)Cc1cc2ccc(F)cc2c(O)c1C. The average Bonchev–Trinajstić information content (AvgIpc) is 2.26. The van der Waals surface area contributed by atoms with E-state index in [4.69, 9.17) is 0 Å². The fraction of sp³-hybridized carbons (Fsp3) is 0.267. The number of aromatic hydroxyl groups is 1. The second-order valence-corrected chi connectivity index (χ2v) is 4.76. The van der Waals surface area contributed by atoms with E-state index in [1.54, 1.807) is 6.07 Å². The summed E-state index contributed by atoms with van der Waals surface area (Å²) in [4.78, 5) is 0. The van der Waals surface area contributed by atoms with Gasteiger partial charge in [-0.3, -0.25) is 0 Å². The molecule has 0 saturated carbocycles. The highest BCUT2D eigenvalue weighted by atomic mass is 19.1. The molecule has 1 N–H and O–H groups in total. The summed E-state index contributed by atoms with van der Waals surface area (Å²) >= 11 is 0. The lowest BCUT2D eigenvalue weighted by Gasteiger charge is -2.12. The first-order valence-electron chi connectivity index (χ1n) is 5.69. The Bertz CT molecular complexity index is 558. The van der Waals surface area contributed by atoms with Crippen LogP contribution in [0.1, 0.15) is 25.0 Å². The number of halogens is 1. The Morgan fingerprint density at radius 1 is 1.24 bits per heavy atom. The molecule has 1 nitrogen and oxygen atoms in total. The summed E-state index contributed by atoms with van der Waals surface area (Å²) in [5.41, 5.74) is 1.94. The lowest BCUT2D eigenvalue weighted by Crippen LogP contribution is -1.96. The molecule has 2 aromatic rings. The Morgan fingerprint density at radius 2 is 1.94 bits per heavy atom. The lowest BCUT2D eigenvalue weighted by atomic mass is 9.94. The zero-order valence-corrected chi connectivity index (χ0v) is 10.3. The molecule has 0 fully saturated rings. The summed E-state index contributed by atoms with van der Waals surface area (Å²) in [7, 11) is 0. The van der Waals surface area contributed by atoms with Crippen molar-refractivity contribution in [3.8, 4) is 5.75 Å². The summed E-state index contributed by atoms with van der Waals surface area (Å²) in [6, 6.07) is 6.53. The van der Waals surface area contributed by atoms with Crippen LogP contribution in [0.3, 0.4) is 0 Å². The van der Waals surface area contributed by atoms with Crippen molar-refractivity contribution >= 4 is 10.8 Å². The number of rotatable bonds is 2. The molecule has 0 aliphatic carbocycles. The van der Waals surface area contributed by atoms with Crippen molar-refractivity contribution in [1.29, 1.82) is 0 Å². The first kappa shape index (κ1) is 11.9. The van der Waals surface area contributed by atoms with Gasteiger partial charge in [-0.15, -0.1) is 0 Å². The molecule has 0 aromatic heterocycles. The zero-order valence-electron chi connectivity index (χ0n) is 10.3. The first-order chi connectivity index (χ1) is 7.99. The second kappa shape index (κ2) is 4.36. The first-order valence-corrected chi connectivity index (χ1v) is 5.69. The maximum absolute atomic E-state index is 13.1. The van der Waals surface area contributed by atoms with Crippen LogP contribution in [0.4, 0.5) is 4.39 Å². The van der Waals surface area contributed by atoms with E-state index in [0.29, 0.717) is 5.39 Å². The van der Waals surface area contributed by atoms with Crippen LogP contribution < -0.4 is 0 Å². The third kappa shape index (κ3) is 2.26. The Labute approximate surface area is 101 Å². The number of phenols is 1. The fourth-order valence-corrected chi connectivity index (χ4v) is 2.07. The monoisotopic (exact) mass is 231 g/mol. The maximum atomic E-state index is 13.1. The molecule has 0 aliphatic rings. The van der Waals surface area contributed by atoms with Gasteiger partial charge in [-0.05, 0) is 47.9 Å². The van der Waals surface area contributed by atoms with Crippen LogP contribution in [0.2, 0.25) is 0 Å². The van der Waals surface area contributed by atoms with Crippen molar-refractivity contribution < 1.29 is 9.50 Å². The summed E-state index contributed by atoms with van der Waals surface area (Å²) < 4.78 is 13.1. The second-order valence-electron chi connectivity index (χ2n) is 4.76. The standard InChI is InChI=1S/C15H16FO/c1-9(2)6-12-7-11-4-5-13(16)8-14(11)15(17)10(12)3/h4-5,7-8,17H,6H2,1-3H3. The highest BCUT2D eigenvalue weighted by molar-refractivity contribution is 5.90. The van der Waals surface area contributed by atoms with E-state index in [2.05, 4.69) is 13.8 Å². The van der Waals surface area contributed by atoms with Crippen LogP contribution in [0.25, 0.3) is 10.8 Å². The van der Waals surface area contributed by atoms with Crippen molar-refractivity contribution in [2.45, 2.75) is 27.2 Å². The van der Waals surface area contributed by atoms with Crippen molar-refractivity contribution in [3.63, 3.8) is 0 Å². The molecule has 0 heterocycles. The minimum atomic E-state index is -0.321. The van der Waals surface area contributed by atoms with Gasteiger partial charge in [-0.25, -0.2) is 4.39 Å². The molecule has 0 atom stereocenters. The van der Waals surface area contributed by atoms with E-state index in [1.807, 2.05) is 13.0 Å². The van der Waals surface area contributed by atoms with Crippen molar-refractivity contribution in [3.05, 3.63) is 47.1 Å². The molecule has 0 bridgehead atoms. The van der Waals surface area contributed by atoms with Gasteiger partial charge in [0.2, 0.25) is 0 Å². The molecule has 2 aromatic carbocycles. The highest BCUT2D eigenvalue weighted by Crippen LogP contribution is 2.32. The van der Waals surface area contributed by atoms with Crippen LogP contribution in [0.15, 0.2) is 24.3 Å². The predicted molar refractivity (Wildman–Crippen MR) is 68.6 cm³/mol. The Balaban J connectivity index is 2.66. The summed E-state index contributed by atoms with van der Waals surface area (Å²) in [5.74, 6) is 1.16. The molecule has 17 heavy (non-hydrogen) atoms. The van der Waals surface area contributed by atoms with Gasteiger partial charge in [0.15, 0.2) is 0 Å². The van der Waals surface area contributed by atoms with Gasteiger partial charge in [-0.1, -0.05) is 26.0 Å². The van der Waals surface area contributed by atoms with E-state index in [-0.39, 0.29) is 11.6 Å². The van der Waals surface area contributed by atoms with Crippen molar-refractivity contribution in [2.24, 2.45) is 0 Å². The molecule has 1 radical (unpaired) electrons. The third-order valence-electron chi connectivity index (χ3n) is 2.98. The Hall–Kier alpha value is -1.57. The van der Waals surface area contributed by atoms with Crippen LogP contribution >= 0.6 is 0 Å². The van der Waals surface area contributed by atoms with Gasteiger partial charge in [0.05, 0.1) is 0 Å². The van der Waals surface area contributed by atoms with E-state index >= 15 is 0 Å². The highest BCUT2D eigenvalue weighted by Gasteiger charge is 2.11. The van der Waals surface area contributed by atoms with Gasteiger partial charge >= 0.3 is 0 Å². The van der Waals surface area contributed by atoms with Gasteiger partial charge in [-0.2, -0.15) is 0 Å². The normalized spacial score (nSPS) is 11.4. The molecule has 0 aliphatic heterocycles. The third-order valence-corrected chi connectivity index (χ3v) is 2.98. The van der Waals surface area contributed by atoms with E-state index in [1.165, 1.54) is 18.1 Å². The van der Waals surface area contributed by atoms with Crippen molar-refractivity contribution in [2.75, 3.05) is 0 Å². The van der Waals surface area contributed by atoms with E-state index < -0.39 is 0 Å². The number of hydrogen-bond acceptors (Lipinski definition) is 1. The maximum Gasteiger partial charge on any atom is 0.126 e. The van der Waals surface area contributed by atoms with Gasteiger partial charge < -0.3 is 5.11 Å².